The number of carbonyl (C=O) groups excluding carboxylic acids is 1. The van der Waals surface area contributed by atoms with E-state index in [1.807, 2.05) is 77.0 Å². The fourth-order valence-corrected chi connectivity index (χ4v) is 3.45. The van der Waals surface area contributed by atoms with Crippen molar-refractivity contribution >= 4 is 5.91 Å². The van der Waals surface area contributed by atoms with E-state index in [4.69, 9.17) is 15.2 Å². The van der Waals surface area contributed by atoms with Gasteiger partial charge in [-0.3, -0.25) is 4.79 Å². The van der Waals surface area contributed by atoms with Crippen molar-refractivity contribution < 1.29 is 14.3 Å². The van der Waals surface area contributed by atoms with Crippen LogP contribution in [0.4, 0.5) is 0 Å². The molecule has 0 spiro atoms. The minimum Gasteiger partial charge on any atom is -0.493 e. The Morgan fingerprint density at radius 2 is 1.83 bits per heavy atom. The summed E-state index contributed by atoms with van der Waals surface area (Å²) in [6.45, 7) is 8.97. The first-order valence-corrected chi connectivity index (χ1v) is 10.3. The van der Waals surface area contributed by atoms with Crippen molar-refractivity contribution in [3.63, 3.8) is 0 Å². The van der Waals surface area contributed by atoms with Gasteiger partial charge in [0.25, 0.3) is 5.91 Å². The molecule has 0 fully saturated rings. The zero-order chi connectivity index (χ0) is 22.8. The maximum Gasteiger partial charge on any atom is 0.257 e. The van der Waals surface area contributed by atoms with Gasteiger partial charge >= 0.3 is 0 Å². The number of hydrogen-bond acceptors (Lipinski definition) is 5. The highest BCUT2D eigenvalue weighted by Crippen LogP contribution is 2.36. The molecule has 1 unspecified atom stereocenters. The van der Waals surface area contributed by atoms with Gasteiger partial charge < -0.3 is 25.0 Å². The summed E-state index contributed by atoms with van der Waals surface area (Å²) in [5.41, 5.74) is 9.17. The number of methoxy groups -OCH3 is 2. The number of benzene rings is 1. The summed E-state index contributed by atoms with van der Waals surface area (Å²) in [5, 5.41) is 0. The van der Waals surface area contributed by atoms with Gasteiger partial charge in [-0.05, 0) is 51.2 Å². The minimum atomic E-state index is -0.148. The van der Waals surface area contributed by atoms with Gasteiger partial charge in [0.1, 0.15) is 0 Å². The molecule has 2 N–H and O–H groups in total. The molecule has 0 radical (unpaired) electrons. The lowest BCUT2D eigenvalue weighted by atomic mass is 10.0. The lowest BCUT2D eigenvalue weighted by molar-refractivity contribution is -0.127. The van der Waals surface area contributed by atoms with Crippen molar-refractivity contribution in [3.8, 4) is 11.5 Å². The van der Waals surface area contributed by atoms with Gasteiger partial charge in [-0.15, -0.1) is 0 Å². The van der Waals surface area contributed by atoms with Gasteiger partial charge in [-0.25, -0.2) is 0 Å². The highest BCUT2D eigenvalue weighted by atomic mass is 16.5. The topological polar surface area (TPSA) is 68.0 Å². The van der Waals surface area contributed by atoms with E-state index in [0.29, 0.717) is 35.9 Å². The molecule has 1 amide bonds. The first-order chi connectivity index (χ1) is 14.4. The molecule has 166 valence electrons. The molecule has 30 heavy (non-hydrogen) atoms. The fourth-order valence-electron chi connectivity index (χ4n) is 3.45. The number of carbonyl (C=O) groups is 1. The van der Waals surface area contributed by atoms with E-state index < -0.39 is 0 Å². The highest BCUT2D eigenvalue weighted by Gasteiger charge is 2.36. The van der Waals surface area contributed by atoms with Crippen molar-refractivity contribution in [1.82, 2.24) is 9.80 Å². The lowest BCUT2D eigenvalue weighted by Gasteiger charge is -2.31. The van der Waals surface area contributed by atoms with Crippen LogP contribution in [-0.2, 0) is 4.79 Å². The molecule has 6 heteroatoms. The van der Waals surface area contributed by atoms with Crippen molar-refractivity contribution in [3.05, 3.63) is 58.8 Å². The summed E-state index contributed by atoms with van der Waals surface area (Å²) in [7, 11) is 7.21. The van der Waals surface area contributed by atoms with E-state index in [9.17, 15) is 4.79 Å². The van der Waals surface area contributed by atoms with E-state index in [1.165, 1.54) is 0 Å². The number of rotatable bonds is 8. The van der Waals surface area contributed by atoms with Crippen LogP contribution in [0.15, 0.2) is 53.3 Å². The van der Waals surface area contributed by atoms with Crippen LogP contribution in [0.3, 0.4) is 0 Å². The maximum atomic E-state index is 13.3. The fraction of sp³-hybridized carbons (Fsp3) is 0.458. The van der Waals surface area contributed by atoms with Gasteiger partial charge in [0.15, 0.2) is 11.5 Å². The summed E-state index contributed by atoms with van der Waals surface area (Å²) >= 11 is 0. The van der Waals surface area contributed by atoms with Crippen LogP contribution in [0.1, 0.15) is 39.3 Å². The molecule has 1 heterocycles. The number of allylic oxidation sites excluding steroid dienone is 2. The third kappa shape index (κ3) is 5.66. The predicted molar refractivity (Wildman–Crippen MR) is 124 cm³/mol. The summed E-state index contributed by atoms with van der Waals surface area (Å²) in [5.74, 6) is 1.25. The molecule has 1 atom stereocenters. The Morgan fingerprint density at radius 3 is 2.33 bits per heavy atom. The largest absolute Gasteiger partial charge is 0.493 e. The molecule has 1 aliphatic rings. The molecule has 1 aromatic rings. The van der Waals surface area contributed by atoms with E-state index in [2.05, 4.69) is 4.90 Å². The molecule has 6 nitrogen and oxygen atoms in total. The number of nitrogens with two attached hydrogens (primary N) is 1. The monoisotopic (exact) mass is 415 g/mol. The predicted octanol–water partition coefficient (Wildman–Crippen LogP) is 3.91. The standard InChI is InChI=1S/C22H31N3O3.C2H6/c1-7-9-16-13-25(22(26)21(16)17(23)8-2)18(14-24(3)4)15-10-11-19(27-5)20(12-15)28-6;1-2/h7-12,18H,13-14,23H2,1-6H3;1-2H3/b9-7-,17-8+;. The molecule has 0 saturated carbocycles. The number of hydrogen-bond donors (Lipinski definition) is 1. The van der Waals surface area contributed by atoms with Crippen molar-refractivity contribution in [2.45, 2.75) is 33.7 Å². The van der Waals surface area contributed by atoms with E-state index in [1.54, 1.807) is 20.3 Å². The molecular formula is C24H37N3O3. The summed E-state index contributed by atoms with van der Waals surface area (Å²) in [6, 6.07) is 5.64. The van der Waals surface area contributed by atoms with Crippen LogP contribution in [0.2, 0.25) is 0 Å². The highest BCUT2D eigenvalue weighted by molar-refractivity contribution is 6.02. The quantitative estimate of drug-likeness (QED) is 0.697. The van der Waals surface area contributed by atoms with Crippen LogP contribution in [-0.4, -0.2) is 57.1 Å². The third-order valence-corrected chi connectivity index (χ3v) is 4.81. The Hall–Kier alpha value is -2.73. The van der Waals surface area contributed by atoms with Crippen LogP contribution in [0, 0.1) is 0 Å². The molecule has 0 aliphatic carbocycles. The summed E-state index contributed by atoms with van der Waals surface area (Å²) < 4.78 is 10.8. The lowest BCUT2D eigenvalue weighted by Crippen LogP contribution is -2.38. The smallest absolute Gasteiger partial charge is 0.257 e. The van der Waals surface area contributed by atoms with Crippen molar-refractivity contribution in [1.29, 1.82) is 0 Å². The zero-order valence-corrected chi connectivity index (χ0v) is 19.7. The molecule has 1 aliphatic heterocycles. The molecule has 0 bridgehead atoms. The maximum absolute atomic E-state index is 13.3. The number of amides is 1. The van der Waals surface area contributed by atoms with Crippen LogP contribution >= 0.6 is 0 Å². The van der Waals surface area contributed by atoms with E-state index >= 15 is 0 Å². The van der Waals surface area contributed by atoms with Gasteiger partial charge in [0.2, 0.25) is 0 Å². The number of likely N-dealkylation sites (N-methyl/N-ethyl adjacent to an activating group) is 1. The molecule has 2 rings (SSSR count). The Bertz CT molecular complexity index is 810. The molecule has 0 saturated heterocycles. The van der Waals surface area contributed by atoms with Gasteiger partial charge in [0.05, 0.1) is 25.8 Å². The number of ether oxygens (including phenoxy) is 2. The van der Waals surface area contributed by atoms with Crippen molar-refractivity contribution in [2.24, 2.45) is 5.73 Å². The molecule has 1 aromatic carbocycles. The second-order valence-corrected chi connectivity index (χ2v) is 6.97. The van der Waals surface area contributed by atoms with Gasteiger partial charge in [0, 0.05) is 18.8 Å². The van der Waals surface area contributed by atoms with Gasteiger partial charge in [-0.2, -0.15) is 0 Å². The Balaban J connectivity index is 0.00000218. The average Bonchev–Trinajstić information content (AvgIpc) is 3.08. The average molecular weight is 416 g/mol. The Labute approximate surface area is 181 Å². The van der Waals surface area contributed by atoms with Crippen molar-refractivity contribution in [2.75, 3.05) is 41.4 Å². The SMILES string of the molecule is C/C=C\C1=C(C(/N)=C\C)C(=O)N(C(CN(C)C)c2ccc(OC)c(OC)c2)C1.CC. The normalized spacial score (nSPS) is 15.6. The zero-order valence-electron chi connectivity index (χ0n) is 19.7. The minimum absolute atomic E-state index is 0.0506. The molecular weight excluding hydrogens is 378 g/mol. The van der Waals surface area contributed by atoms with Crippen LogP contribution < -0.4 is 15.2 Å². The second kappa shape index (κ2) is 12.1. The number of nitrogens with zero attached hydrogens (tertiary/aromatic N) is 2. The summed E-state index contributed by atoms with van der Waals surface area (Å²) in [6.07, 6.45) is 5.68. The summed E-state index contributed by atoms with van der Waals surface area (Å²) in [4.78, 5) is 17.3. The first kappa shape index (κ1) is 25.3. The molecule has 0 aromatic heterocycles. The second-order valence-electron chi connectivity index (χ2n) is 6.97. The van der Waals surface area contributed by atoms with E-state index in [0.717, 1.165) is 11.1 Å². The third-order valence-electron chi connectivity index (χ3n) is 4.81. The Kier molecular flexibility index (Phi) is 10.2. The van der Waals surface area contributed by atoms with E-state index in [-0.39, 0.29) is 11.9 Å². The van der Waals surface area contributed by atoms with Gasteiger partial charge in [-0.1, -0.05) is 38.1 Å². The first-order valence-electron chi connectivity index (χ1n) is 10.3. The van der Waals surface area contributed by atoms with Crippen LogP contribution in [0.5, 0.6) is 11.5 Å². The Morgan fingerprint density at radius 1 is 1.20 bits per heavy atom. The van der Waals surface area contributed by atoms with Crippen LogP contribution in [0.25, 0.3) is 0 Å².